The molecule has 19 heavy (non-hydrogen) atoms. The molecule has 1 atom stereocenters. The van der Waals surface area contributed by atoms with Gasteiger partial charge in [-0.05, 0) is 49.2 Å². The summed E-state index contributed by atoms with van der Waals surface area (Å²) in [4.78, 5) is 12.7. The number of aromatic amines is 1. The highest BCUT2D eigenvalue weighted by atomic mass is 32.2. The molecule has 0 aliphatic heterocycles. The first-order chi connectivity index (χ1) is 9.15. The average Bonchev–Trinajstić information content (AvgIpc) is 3.16. The summed E-state index contributed by atoms with van der Waals surface area (Å²) in [6.07, 6.45) is 2.13. The highest BCUT2D eigenvalue weighted by Crippen LogP contribution is 2.37. The molecule has 0 amide bonds. The Bertz CT molecular complexity index is 625. The largest absolute Gasteiger partial charge is 0.344 e. The lowest BCUT2D eigenvalue weighted by Crippen LogP contribution is -2.15. The molecule has 1 aromatic carbocycles. The van der Waals surface area contributed by atoms with Crippen LogP contribution in [0.15, 0.2) is 39.1 Å². The topological polar surface area (TPSA) is 76.7 Å². The van der Waals surface area contributed by atoms with Crippen molar-refractivity contribution in [2.24, 2.45) is 5.73 Å². The lowest BCUT2D eigenvalue weighted by Gasteiger charge is -2.07. The number of H-pyrrole nitrogens is 1. The summed E-state index contributed by atoms with van der Waals surface area (Å²) < 4.78 is 1.75. The van der Waals surface area contributed by atoms with Crippen LogP contribution >= 0.6 is 11.8 Å². The molecule has 1 fully saturated rings. The second-order valence-electron chi connectivity index (χ2n) is 4.87. The molecule has 1 saturated carbocycles. The lowest BCUT2D eigenvalue weighted by molar-refractivity contribution is 0.642. The Hall–Kier alpha value is -1.53. The fourth-order valence-electron chi connectivity index (χ4n) is 1.96. The lowest BCUT2D eigenvalue weighted by atomic mass is 10.1. The first-order valence-corrected chi connectivity index (χ1v) is 7.17. The van der Waals surface area contributed by atoms with Gasteiger partial charge in [-0.3, -0.25) is 4.57 Å². The smallest absolute Gasteiger partial charge is 0.324 e. The Morgan fingerprint density at radius 1 is 1.42 bits per heavy atom. The quantitative estimate of drug-likeness (QED) is 0.896. The third-order valence-electron chi connectivity index (χ3n) is 3.20. The highest BCUT2D eigenvalue weighted by molar-refractivity contribution is 7.99. The van der Waals surface area contributed by atoms with Gasteiger partial charge in [0, 0.05) is 17.0 Å². The van der Waals surface area contributed by atoms with Gasteiger partial charge in [-0.15, -0.1) is 5.10 Å². The van der Waals surface area contributed by atoms with Crippen LogP contribution in [0.1, 0.15) is 37.4 Å². The van der Waals surface area contributed by atoms with Crippen LogP contribution in [0.4, 0.5) is 0 Å². The molecule has 1 aliphatic carbocycles. The zero-order chi connectivity index (χ0) is 13.4. The van der Waals surface area contributed by atoms with Gasteiger partial charge in [-0.2, -0.15) is 0 Å². The maximum absolute atomic E-state index is 11.7. The van der Waals surface area contributed by atoms with Gasteiger partial charge < -0.3 is 5.73 Å². The number of nitrogens with two attached hydrogens (primary N) is 1. The molecule has 100 valence electrons. The van der Waals surface area contributed by atoms with E-state index in [0.717, 1.165) is 28.5 Å². The maximum atomic E-state index is 11.7. The minimum atomic E-state index is -0.114. The van der Waals surface area contributed by atoms with E-state index in [4.69, 9.17) is 5.73 Å². The Morgan fingerprint density at radius 3 is 2.68 bits per heavy atom. The van der Waals surface area contributed by atoms with Crippen molar-refractivity contribution in [2.75, 3.05) is 0 Å². The maximum Gasteiger partial charge on any atom is 0.344 e. The summed E-state index contributed by atoms with van der Waals surface area (Å²) in [6.45, 7) is 1.96. The van der Waals surface area contributed by atoms with Crippen LogP contribution in [0.5, 0.6) is 0 Å². The second-order valence-corrected chi connectivity index (χ2v) is 5.91. The Balaban J connectivity index is 1.83. The van der Waals surface area contributed by atoms with Crippen molar-refractivity contribution in [3.05, 3.63) is 40.3 Å². The molecule has 6 heteroatoms. The predicted octanol–water partition coefficient (Wildman–Crippen LogP) is 2.08. The fourth-order valence-corrected chi connectivity index (χ4v) is 2.87. The number of aromatic nitrogens is 3. The summed E-state index contributed by atoms with van der Waals surface area (Å²) in [5.74, 6) is 0. The van der Waals surface area contributed by atoms with E-state index < -0.39 is 0 Å². The van der Waals surface area contributed by atoms with Gasteiger partial charge in [-0.1, -0.05) is 12.1 Å². The van der Waals surface area contributed by atoms with Gasteiger partial charge in [0.05, 0.1) is 0 Å². The SMILES string of the molecule is C[C@H](N)c1ccc(Sc2n[nH]c(=O)n2C2CC2)cc1. The van der Waals surface area contributed by atoms with E-state index in [1.807, 2.05) is 31.2 Å². The van der Waals surface area contributed by atoms with Crippen molar-refractivity contribution >= 4 is 11.8 Å². The summed E-state index contributed by atoms with van der Waals surface area (Å²) in [7, 11) is 0. The van der Waals surface area contributed by atoms with Gasteiger partial charge in [-0.25, -0.2) is 9.89 Å². The van der Waals surface area contributed by atoms with E-state index in [1.165, 1.54) is 11.8 Å². The molecular formula is C13H16N4OS. The predicted molar refractivity (Wildman–Crippen MR) is 74.3 cm³/mol. The molecule has 0 radical (unpaired) electrons. The first-order valence-electron chi connectivity index (χ1n) is 6.35. The fraction of sp³-hybridized carbons (Fsp3) is 0.385. The third kappa shape index (κ3) is 2.59. The van der Waals surface area contributed by atoms with Crippen LogP contribution in [-0.4, -0.2) is 14.8 Å². The van der Waals surface area contributed by atoms with Crippen molar-refractivity contribution in [1.82, 2.24) is 14.8 Å². The van der Waals surface area contributed by atoms with Crippen LogP contribution in [0.3, 0.4) is 0 Å². The van der Waals surface area contributed by atoms with Crippen LogP contribution in [0, 0.1) is 0 Å². The number of nitrogens with one attached hydrogen (secondary N) is 1. The second kappa shape index (κ2) is 4.86. The Kier molecular flexibility index (Phi) is 3.20. The van der Waals surface area contributed by atoms with Gasteiger partial charge in [0.2, 0.25) is 0 Å². The molecule has 0 bridgehead atoms. The van der Waals surface area contributed by atoms with Gasteiger partial charge in [0.1, 0.15) is 0 Å². The van der Waals surface area contributed by atoms with E-state index in [0.29, 0.717) is 6.04 Å². The number of hydrogen-bond donors (Lipinski definition) is 2. The van der Waals surface area contributed by atoms with Crippen molar-refractivity contribution in [3.63, 3.8) is 0 Å². The van der Waals surface area contributed by atoms with Crippen molar-refractivity contribution < 1.29 is 0 Å². The molecule has 1 aliphatic rings. The van der Waals surface area contributed by atoms with Crippen LogP contribution in [-0.2, 0) is 0 Å². The molecule has 1 aromatic heterocycles. The molecule has 0 saturated heterocycles. The van der Waals surface area contributed by atoms with Gasteiger partial charge in [0.25, 0.3) is 0 Å². The van der Waals surface area contributed by atoms with Gasteiger partial charge in [0.15, 0.2) is 5.16 Å². The molecule has 3 N–H and O–H groups in total. The van der Waals surface area contributed by atoms with Crippen molar-refractivity contribution in [2.45, 2.75) is 41.9 Å². The van der Waals surface area contributed by atoms with Crippen LogP contribution in [0.25, 0.3) is 0 Å². The summed E-state index contributed by atoms with van der Waals surface area (Å²) in [6, 6.07) is 8.42. The number of benzene rings is 1. The molecule has 1 heterocycles. The average molecular weight is 276 g/mol. The van der Waals surface area contributed by atoms with E-state index in [2.05, 4.69) is 10.2 Å². The number of nitrogens with zero attached hydrogens (tertiary/aromatic N) is 2. The zero-order valence-electron chi connectivity index (χ0n) is 10.7. The minimum absolute atomic E-state index is 0.0362. The summed E-state index contributed by atoms with van der Waals surface area (Å²) >= 11 is 1.50. The standard InChI is InChI=1S/C13H16N4OS/c1-8(14)9-2-6-11(7-3-9)19-13-16-15-12(18)17(13)10-4-5-10/h2-3,6-8,10H,4-5,14H2,1H3,(H,15,18)/t8-/m0/s1. The Labute approximate surface area is 115 Å². The first kappa shape index (κ1) is 12.5. The summed E-state index contributed by atoms with van der Waals surface area (Å²) in [5, 5.41) is 7.36. The van der Waals surface area contributed by atoms with Crippen molar-refractivity contribution in [3.8, 4) is 0 Å². The minimum Gasteiger partial charge on any atom is -0.324 e. The van der Waals surface area contributed by atoms with E-state index in [-0.39, 0.29) is 11.7 Å². The molecule has 5 nitrogen and oxygen atoms in total. The zero-order valence-corrected chi connectivity index (χ0v) is 11.5. The van der Waals surface area contributed by atoms with Crippen molar-refractivity contribution in [1.29, 1.82) is 0 Å². The van der Waals surface area contributed by atoms with E-state index in [1.54, 1.807) is 4.57 Å². The summed E-state index contributed by atoms with van der Waals surface area (Å²) in [5.41, 5.74) is 6.81. The molecule has 0 unspecified atom stereocenters. The van der Waals surface area contributed by atoms with Crippen LogP contribution in [0.2, 0.25) is 0 Å². The van der Waals surface area contributed by atoms with Gasteiger partial charge >= 0.3 is 5.69 Å². The number of rotatable bonds is 4. The van der Waals surface area contributed by atoms with Crippen LogP contribution < -0.4 is 11.4 Å². The Morgan fingerprint density at radius 2 is 2.11 bits per heavy atom. The van der Waals surface area contributed by atoms with E-state index in [9.17, 15) is 4.79 Å². The molecule has 2 aromatic rings. The normalized spacial score (nSPS) is 16.5. The monoisotopic (exact) mass is 276 g/mol. The molecular weight excluding hydrogens is 260 g/mol. The van der Waals surface area contributed by atoms with E-state index >= 15 is 0 Å². The highest BCUT2D eigenvalue weighted by Gasteiger charge is 2.28. The third-order valence-corrected chi connectivity index (χ3v) is 4.18. The molecule has 0 spiro atoms. The number of hydrogen-bond acceptors (Lipinski definition) is 4. The molecule has 3 rings (SSSR count).